The molecule has 9 nitrogen and oxygen atoms in total. The molecule has 34 heavy (non-hydrogen) atoms. The molecule has 10 heteroatoms. The van der Waals surface area contributed by atoms with Gasteiger partial charge in [0.25, 0.3) is 11.8 Å². The number of nitrogens with one attached hydrogen (secondary N) is 1. The Hall–Kier alpha value is -2.91. The summed E-state index contributed by atoms with van der Waals surface area (Å²) in [5, 5.41) is 3.37. The molecule has 1 aliphatic carbocycles. The largest absolute Gasteiger partial charge is 0.383 e. The minimum atomic E-state index is -0.702. The maximum absolute atomic E-state index is 13.4. The Bertz CT molecular complexity index is 1090. The highest BCUT2D eigenvalue weighted by Crippen LogP contribution is 2.49. The summed E-state index contributed by atoms with van der Waals surface area (Å²) in [4.78, 5) is 44.4. The molecular formula is C24H30ClN5O4. The van der Waals surface area contributed by atoms with Gasteiger partial charge >= 0.3 is 0 Å². The quantitative estimate of drug-likeness (QED) is 0.622. The van der Waals surface area contributed by atoms with E-state index in [1.165, 1.54) is 6.33 Å². The molecule has 0 unspecified atom stereocenters. The molecule has 182 valence electrons. The van der Waals surface area contributed by atoms with Crippen LogP contribution >= 0.6 is 11.6 Å². The van der Waals surface area contributed by atoms with Crippen LogP contribution in [-0.4, -0.2) is 53.6 Å². The standard InChI is InChI=1S/C24H30ClN5O4/c1-15(13-34-2)28-22(32)19-20(21(26)31)30(14-27-19)17-6-8-24(9-7-17)10-11-29(23(24)33)18-5-3-4-16(25)12-18/h3-5,12,14-15,17H,6-11,13H2,1-2H3,(H2,26,31)(H,28,32)/t15-,17?,24?/m0/s1. The Kier molecular flexibility index (Phi) is 6.95. The number of amides is 3. The van der Waals surface area contributed by atoms with Gasteiger partial charge in [0.2, 0.25) is 5.91 Å². The first-order chi connectivity index (χ1) is 16.3. The highest BCUT2D eigenvalue weighted by atomic mass is 35.5. The molecule has 2 aromatic rings. The highest BCUT2D eigenvalue weighted by Gasteiger charge is 2.49. The van der Waals surface area contributed by atoms with E-state index in [0.717, 1.165) is 12.1 Å². The highest BCUT2D eigenvalue weighted by molar-refractivity contribution is 6.31. The Morgan fingerprint density at radius 2 is 2.06 bits per heavy atom. The van der Waals surface area contributed by atoms with Gasteiger partial charge in [-0.1, -0.05) is 17.7 Å². The number of benzene rings is 1. The predicted molar refractivity (Wildman–Crippen MR) is 128 cm³/mol. The van der Waals surface area contributed by atoms with Gasteiger partial charge < -0.3 is 25.3 Å². The predicted octanol–water partition coefficient (Wildman–Crippen LogP) is 2.94. The summed E-state index contributed by atoms with van der Waals surface area (Å²) in [6, 6.07) is 7.05. The molecule has 1 aromatic carbocycles. The molecule has 1 saturated heterocycles. The molecule has 2 fully saturated rings. The van der Waals surface area contributed by atoms with Crippen molar-refractivity contribution in [1.82, 2.24) is 14.9 Å². The SMILES string of the molecule is COC[C@H](C)NC(=O)c1ncn(C2CCC3(CC2)CCN(c2cccc(Cl)c2)C3=O)c1C(N)=O. The lowest BCUT2D eigenvalue weighted by molar-refractivity contribution is -0.127. The monoisotopic (exact) mass is 487 g/mol. The second kappa shape index (κ2) is 9.76. The van der Waals surface area contributed by atoms with Gasteiger partial charge in [-0.05, 0) is 57.2 Å². The Balaban J connectivity index is 1.48. The van der Waals surface area contributed by atoms with Crippen LogP contribution < -0.4 is 16.0 Å². The molecule has 1 atom stereocenters. The zero-order valence-corrected chi connectivity index (χ0v) is 20.2. The molecule has 1 aromatic heterocycles. The fourth-order valence-electron chi connectivity index (χ4n) is 5.24. The summed E-state index contributed by atoms with van der Waals surface area (Å²) in [6.45, 7) is 2.79. The van der Waals surface area contributed by atoms with Crippen LogP contribution in [0.5, 0.6) is 0 Å². The van der Waals surface area contributed by atoms with Crippen molar-refractivity contribution in [3.05, 3.63) is 47.0 Å². The van der Waals surface area contributed by atoms with Gasteiger partial charge in [0.15, 0.2) is 5.69 Å². The normalized spacial score (nSPS) is 23.3. The number of rotatable bonds is 7. The molecule has 2 heterocycles. The molecule has 0 bridgehead atoms. The molecule has 0 radical (unpaired) electrons. The number of anilines is 1. The molecule has 4 rings (SSSR count). The van der Waals surface area contributed by atoms with E-state index >= 15 is 0 Å². The number of hydrogen-bond acceptors (Lipinski definition) is 5. The van der Waals surface area contributed by atoms with E-state index in [-0.39, 0.29) is 29.4 Å². The summed E-state index contributed by atoms with van der Waals surface area (Å²) >= 11 is 6.12. The summed E-state index contributed by atoms with van der Waals surface area (Å²) in [5.41, 5.74) is 6.17. The summed E-state index contributed by atoms with van der Waals surface area (Å²) in [5.74, 6) is -1.04. The van der Waals surface area contributed by atoms with Crippen LogP contribution in [0.25, 0.3) is 0 Å². The minimum Gasteiger partial charge on any atom is -0.383 e. The van der Waals surface area contributed by atoms with Crippen molar-refractivity contribution in [2.24, 2.45) is 11.1 Å². The second-order valence-electron chi connectivity index (χ2n) is 9.24. The number of imidazole rings is 1. The van der Waals surface area contributed by atoms with Crippen LogP contribution in [0.15, 0.2) is 30.6 Å². The maximum atomic E-state index is 13.4. The van der Waals surface area contributed by atoms with Crippen molar-refractivity contribution in [2.75, 3.05) is 25.2 Å². The molecule has 2 aliphatic rings. The average molecular weight is 488 g/mol. The van der Waals surface area contributed by atoms with Crippen LogP contribution in [0.3, 0.4) is 0 Å². The van der Waals surface area contributed by atoms with Crippen molar-refractivity contribution in [3.63, 3.8) is 0 Å². The third-order valence-corrected chi connectivity index (χ3v) is 7.21. The number of carbonyl (C=O) groups excluding carboxylic acids is 3. The summed E-state index contributed by atoms with van der Waals surface area (Å²) < 4.78 is 6.75. The van der Waals surface area contributed by atoms with Crippen molar-refractivity contribution in [2.45, 2.75) is 51.1 Å². The first kappa shape index (κ1) is 24.2. The Morgan fingerprint density at radius 3 is 2.71 bits per heavy atom. The van der Waals surface area contributed by atoms with E-state index in [0.29, 0.717) is 43.9 Å². The number of halogens is 1. The average Bonchev–Trinajstić information content (AvgIpc) is 3.37. The Morgan fingerprint density at radius 1 is 1.32 bits per heavy atom. The molecule has 1 saturated carbocycles. The van der Waals surface area contributed by atoms with Crippen molar-refractivity contribution in [3.8, 4) is 0 Å². The lowest BCUT2D eigenvalue weighted by atomic mass is 9.71. The number of methoxy groups -OCH3 is 1. The van der Waals surface area contributed by atoms with Crippen LogP contribution in [0.1, 0.15) is 66.0 Å². The number of hydrogen-bond donors (Lipinski definition) is 2. The van der Waals surface area contributed by atoms with Crippen molar-refractivity contribution in [1.29, 1.82) is 0 Å². The summed E-state index contributed by atoms with van der Waals surface area (Å²) in [6.07, 6.45) is 5.04. The molecule has 1 aliphatic heterocycles. The second-order valence-corrected chi connectivity index (χ2v) is 9.68. The third kappa shape index (κ3) is 4.54. The zero-order valence-electron chi connectivity index (χ0n) is 19.4. The van der Waals surface area contributed by atoms with Crippen LogP contribution in [0, 0.1) is 5.41 Å². The van der Waals surface area contributed by atoms with Crippen LogP contribution in [0.2, 0.25) is 5.02 Å². The van der Waals surface area contributed by atoms with E-state index in [2.05, 4.69) is 10.3 Å². The van der Waals surface area contributed by atoms with Gasteiger partial charge in [-0.25, -0.2) is 4.98 Å². The molecule has 1 spiro atoms. The number of aromatic nitrogens is 2. The Labute approximate surface area is 203 Å². The first-order valence-corrected chi connectivity index (χ1v) is 11.9. The topological polar surface area (TPSA) is 120 Å². The number of carbonyl (C=O) groups is 3. The van der Waals surface area contributed by atoms with Crippen molar-refractivity contribution < 1.29 is 19.1 Å². The number of primary amides is 1. The van der Waals surface area contributed by atoms with Crippen LogP contribution in [-0.2, 0) is 9.53 Å². The van der Waals surface area contributed by atoms with Gasteiger partial charge in [-0.15, -0.1) is 0 Å². The molecular weight excluding hydrogens is 458 g/mol. The van der Waals surface area contributed by atoms with Gasteiger partial charge in [0, 0.05) is 36.4 Å². The van der Waals surface area contributed by atoms with E-state index in [4.69, 9.17) is 22.1 Å². The molecule has 3 N–H and O–H groups in total. The zero-order chi connectivity index (χ0) is 24.5. The van der Waals surface area contributed by atoms with E-state index in [9.17, 15) is 14.4 Å². The maximum Gasteiger partial charge on any atom is 0.272 e. The van der Waals surface area contributed by atoms with Gasteiger partial charge in [-0.3, -0.25) is 14.4 Å². The van der Waals surface area contributed by atoms with Crippen molar-refractivity contribution >= 4 is 35.0 Å². The number of nitrogens with zero attached hydrogens (tertiary/aromatic N) is 3. The lowest BCUT2D eigenvalue weighted by Gasteiger charge is -2.36. The number of ether oxygens (including phenoxy) is 1. The fraction of sp³-hybridized carbons (Fsp3) is 0.500. The number of nitrogens with two attached hydrogens (primary N) is 1. The fourth-order valence-corrected chi connectivity index (χ4v) is 5.42. The minimum absolute atomic E-state index is 0.0137. The first-order valence-electron chi connectivity index (χ1n) is 11.5. The van der Waals surface area contributed by atoms with E-state index < -0.39 is 17.2 Å². The van der Waals surface area contributed by atoms with Gasteiger partial charge in [-0.2, -0.15) is 0 Å². The van der Waals surface area contributed by atoms with E-state index in [1.807, 2.05) is 23.1 Å². The van der Waals surface area contributed by atoms with Gasteiger partial charge in [0.1, 0.15) is 5.69 Å². The lowest BCUT2D eigenvalue weighted by Crippen LogP contribution is -2.39. The smallest absolute Gasteiger partial charge is 0.272 e. The van der Waals surface area contributed by atoms with E-state index in [1.54, 1.807) is 24.7 Å². The third-order valence-electron chi connectivity index (χ3n) is 6.97. The van der Waals surface area contributed by atoms with Crippen LogP contribution in [0.4, 0.5) is 5.69 Å². The summed E-state index contributed by atoms with van der Waals surface area (Å²) in [7, 11) is 1.55. The van der Waals surface area contributed by atoms with Gasteiger partial charge in [0.05, 0.1) is 18.3 Å². The molecule has 3 amide bonds.